The van der Waals surface area contributed by atoms with Gasteiger partial charge < -0.3 is 5.32 Å². The van der Waals surface area contributed by atoms with Crippen LogP contribution in [0.2, 0.25) is 0 Å². The summed E-state index contributed by atoms with van der Waals surface area (Å²) < 4.78 is 0. The molecule has 0 saturated heterocycles. The van der Waals surface area contributed by atoms with Crippen molar-refractivity contribution in [3.63, 3.8) is 0 Å². The number of hydrogen-bond donors (Lipinski definition) is 1. The standard InChI is InChI=1S/C9H13NS/c1-9(2)4-5-10-7-3-6-11-8(7)9/h3,6,10H,4-5H2,1-2H3. The van der Waals surface area contributed by atoms with Crippen molar-refractivity contribution < 1.29 is 0 Å². The molecule has 0 fully saturated rings. The molecule has 1 aliphatic rings. The molecule has 1 nitrogen and oxygen atoms in total. The van der Waals surface area contributed by atoms with E-state index in [1.54, 1.807) is 0 Å². The SMILES string of the molecule is CC1(C)CCNc2ccsc21. The van der Waals surface area contributed by atoms with E-state index in [9.17, 15) is 0 Å². The molecule has 11 heavy (non-hydrogen) atoms. The van der Waals surface area contributed by atoms with Crippen molar-refractivity contribution in [1.82, 2.24) is 0 Å². The summed E-state index contributed by atoms with van der Waals surface area (Å²) in [4.78, 5) is 1.52. The van der Waals surface area contributed by atoms with E-state index in [-0.39, 0.29) is 0 Å². The molecule has 0 atom stereocenters. The Morgan fingerprint density at radius 3 is 3.09 bits per heavy atom. The predicted octanol–water partition coefficient (Wildman–Crippen LogP) is 2.84. The Morgan fingerprint density at radius 1 is 1.55 bits per heavy atom. The summed E-state index contributed by atoms with van der Waals surface area (Å²) in [6.45, 7) is 5.77. The van der Waals surface area contributed by atoms with E-state index in [0.29, 0.717) is 5.41 Å². The molecule has 1 aliphatic heterocycles. The fourth-order valence-electron chi connectivity index (χ4n) is 1.60. The lowest BCUT2D eigenvalue weighted by Gasteiger charge is -2.30. The van der Waals surface area contributed by atoms with E-state index < -0.39 is 0 Å². The first-order chi connectivity index (χ1) is 5.20. The maximum Gasteiger partial charge on any atom is 0.0487 e. The Kier molecular flexibility index (Phi) is 1.46. The van der Waals surface area contributed by atoms with Gasteiger partial charge in [-0.15, -0.1) is 11.3 Å². The van der Waals surface area contributed by atoms with Crippen LogP contribution in [0.3, 0.4) is 0 Å². The number of anilines is 1. The molecule has 0 bridgehead atoms. The Hall–Kier alpha value is -0.500. The van der Waals surface area contributed by atoms with Gasteiger partial charge in [-0.25, -0.2) is 0 Å². The molecule has 1 aromatic heterocycles. The van der Waals surface area contributed by atoms with E-state index in [2.05, 4.69) is 30.6 Å². The Morgan fingerprint density at radius 2 is 2.36 bits per heavy atom. The number of fused-ring (bicyclic) bond motifs is 1. The number of hydrogen-bond acceptors (Lipinski definition) is 2. The monoisotopic (exact) mass is 167 g/mol. The van der Waals surface area contributed by atoms with Gasteiger partial charge in [0.25, 0.3) is 0 Å². The van der Waals surface area contributed by atoms with Gasteiger partial charge >= 0.3 is 0 Å². The molecule has 0 spiro atoms. The molecule has 60 valence electrons. The van der Waals surface area contributed by atoms with Crippen LogP contribution < -0.4 is 5.32 Å². The van der Waals surface area contributed by atoms with Crippen LogP contribution in [0.25, 0.3) is 0 Å². The summed E-state index contributed by atoms with van der Waals surface area (Å²) in [5.74, 6) is 0. The van der Waals surface area contributed by atoms with Crippen LogP contribution in [0.5, 0.6) is 0 Å². The quantitative estimate of drug-likeness (QED) is 0.626. The topological polar surface area (TPSA) is 12.0 Å². The third kappa shape index (κ3) is 1.06. The van der Waals surface area contributed by atoms with Gasteiger partial charge in [0.1, 0.15) is 0 Å². The van der Waals surface area contributed by atoms with E-state index in [0.717, 1.165) is 6.54 Å². The van der Waals surface area contributed by atoms with E-state index in [1.807, 2.05) is 11.3 Å². The summed E-state index contributed by atoms with van der Waals surface area (Å²) in [5.41, 5.74) is 1.75. The molecule has 0 aromatic carbocycles. The average Bonchev–Trinajstić information content (AvgIpc) is 2.34. The lowest BCUT2D eigenvalue weighted by molar-refractivity contribution is 0.492. The number of rotatable bonds is 0. The maximum absolute atomic E-state index is 3.41. The van der Waals surface area contributed by atoms with E-state index in [1.165, 1.54) is 17.0 Å². The average molecular weight is 167 g/mol. The second-order valence-electron chi connectivity index (χ2n) is 3.72. The highest BCUT2D eigenvalue weighted by atomic mass is 32.1. The van der Waals surface area contributed by atoms with Gasteiger partial charge in [0.15, 0.2) is 0 Å². The van der Waals surface area contributed by atoms with Crippen LogP contribution in [-0.2, 0) is 5.41 Å². The van der Waals surface area contributed by atoms with Crippen LogP contribution in [0.4, 0.5) is 5.69 Å². The Balaban J connectivity index is 2.48. The van der Waals surface area contributed by atoms with Gasteiger partial charge in [-0.05, 0) is 17.9 Å². The molecular weight excluding hydrogens is 154 g/mol. The van der Waals surface area contributed by atoms with Crippen LogP contribution in [0.1, 0.15) is 25.1 Å². The predicted molar refractivity (Wildman–Crippen MR) is 50.5 cm³/mol. The zero-order chi connectivity index (χ0) is 7.90. The number of thiophene rings is 1. The highest BCUT2D eigenvalue weighted by molar-refractivity contribution is 7.10. The molecular formula is C9H13NS. The smallest absolute Gasteiger partial charge is 0.0487 e. The molecule has 0 aliphatic carbocycles. The summed E-state index contributed by atoms with van der Waals surface area (Å²) in [6.07, 6.45) is 1.25. The van der Waals surface area contributed by atoms with Gasteiger partial charge in [0.05, 0.1) is 0 Å². The Labute approximate surface area is 71.4 Å². The number of nitrogens with one attached hydrogen (secondary N) is 1. The Bertz CT molecular complexity index is 262. The van der Waals surface area contributed by atoms with Gasteiger partial charge in [-0.2, -0.15) is 0 Å². The van der Waals surface area contributed by atoms with Crippen molar-refractivity contribution in [1.29, 1.82) is 0 Å². The molecule has 0 radical (unpaired) electrons. The van der Waals surface area contributed by atoms with Gasteiger partial charge in [-0.3, -0.25) is 0 Å². The highest BCUT2D eigenvalue weighted by Gasteiger charge is 2.27. The zero-order valence-corrected chi connectivity index (χ0v) is 7.79. The molecule has 0 unspecified atom stereocenters. The van der Waals surface area contributed by atoms with E-state index in [4.69, 9.17) is 0 Å². The third-order valence-electron chi connectivity index (χ3n) is 2.35. The fourth-order valence-corrected chi connectivity index (χ4v) is 2.62. The first-order valence-electron chi connectivity index (χ1n) is 4.02. The molecule has 0 amide bonds. The third-order valence-corrected chi connectivity index (χ3v) is 3.63. The molecule has 2 heteroatoms. The zero-order valence-electron chi connectivity index (χ0n) is 6.98. The molecule has 2 rings (SSSR count). The van der Waals surface area contributed by atoms with Crippen LogP contribution >= 0.6 is 11.3 Å². The minimum atomic E-state index is 0.398. The van der Waals surface area contributed by atoms with Crippen LogP contribution in [0.15, 0.2) is 11.4 Å². The largest absolute Gasteiger partial charge is 0.384 e. The summed E-state index contributed by atoms with van der Waals surface area (Å²) >= 11 is 1.87. The highest BCUT2D eigenvalue weighted by Crippen LogP contribution is 2.39. The molecule has 2 heterocycles. The van der Waals surface area contributed by atoms with Gasteiger partial charge in [0, 0.05) is 22.5 Å². The summed E-state index contributed by atoms with van der Waals surface area (Å²) in [7, 11) is 0. The van der Waals surface area contributed by atoms with Gasteiger partial charge in [-0.1, -0.05) is 13.8 Å². The van der Waals surface area contributed by atoms with Crippen LogP contribution in [-0.4, -0.2) is 6.54 Å². The van der Waals surface area contributed by atoms with Gasteiger partial charge in [0.2, 0.25) is 0 Å². The first kappa shape index (κ1) is 7.17. The molecule has 0 saturated carbocycles. The van der Waals surface area contributed by atoms with Crippen molar-refractivity contribution in [2.45, 2.75) is 25.7 Å². The second kappa shape index (κ2) is 2.24. The van der Waals surface area contributed by atoms with Crippen molar-refractivity contribution in [2.24, 2.45) is 0 Å². The molecule has 1 N–H and O–H groups in total. The van der Waals surface area contributed by atoms with Crippen molar-refractivity contribution in [3.8, 4) is 0 Å². The normalized spacial score (nSPS) is 20.5. The van der Waals surface area contributed by atoms with Crippen molar-refractivity contribution in [2.75, 3.05) is 11.9 Å². The van der Waals surface area contributed by atoms with Crippen molar-refractivity contribution in [3.05, 3.63) is 16.3 Å². The minimum Gasteiger partial charge on any atom is -0.384 e. The second-order valence-corrected chi connectivity index (χ2v) is 4.64. The lowest BCUT2D eigenvalue weighted by atomic mass is 9.85. The molecule has 1 aromatic rings. The fraction of sp³-hybridized carbons (Fsp3) is 0.556. The first-order valence-corrected chi connectivity index (χ1v) is 4.90. The van der Waals surface area contributed by atoms with Crippen molar-refractivity contribution >= 4 is 17.0 Å². The van der Waals surface area contributed by atoms with Crippen LogP contribution in [0, 0.1) is 0 Å². The lowest BCUT2D eigenvalue weighted by Crippen LogP contribution is -2.26. The van der Waals surface area contributed by atoms with E-state index >= 15 is 0 Å². The minimum absolute atomic E-state index is 0.398. The maximum atomic E-state index is 3.41. The summed E-state index contributed by atoms with van der Waals surface area (Å²) in [5, 5.41) is 5.58. The summed E-state index contributed by atoms with van der Waals surface area (Å²) in [6, 6.07) is 2.18.